The third kappa shape index (κ3) is 4.85. The molecule has 6 nitrogen and oxygen atoms in total. The highest BCUT2D eigenvalue weighted by Crippen LogP contribution is 2.18. The summed E-state index contributed by atoms with van der Waals surface area (Å²) in [5, 5.41) is 2.51. The summed E-state index contributed by atoms with van der Waals surface area (Å²) in [5.41, 5.74) is 6.14. The van der Waals surface area contributed by atoms with E-state index < -0.39 is 5.82 Å². The normalized spacial score (nSPS) is 10.4. The van der Waals surface area contributed by atoms with Crippen LogP contribution in [0.3, 0.4) is 0 Å². The third-order valence-electron chi connectivity index (χ3n) is 2.61. The molecule has 0 aliphatic carbocycles. The van der Waals surface area contributed by atoms with Crippen LogP contribution >= 0.6 is 0 Å². The number of hydrogen-bond acceptors (Lipinski definition) is 4. The summed E-state index contributed by atoms with van der Waals surface area (Å²) in [6.07, 6.45) is 0. The number of amides is 2. The number of nitrogens with zero attached hydrogens (tertiary/aromatic N) is 2. The fourth-order valence-corrected chi connectivity index (χ4v) is 1.50. The Morgan fingerprint density at radius 2 is 1.90 bits per heavy atom. The van der Waals surface area contributed by atoms with Gasteiger partial charge >= 0.3 is 0 Å². The van der Waals surface area contributed by atoms with Crippen molar-refractivity contribution in [3.8, 4) is 0 Å². The van der Waals surface area contributed by atoms with E-state index in [1.54, 1.807) is 26.0 Å². The van der Waals surface area contributed by atoms with Gasteiger partial charge in [-0.25, -0.2) is 4.39 Å². The van der Waals surface area contributed by atoms with Crippen molar-refractivity contribution >= 4 is 23.2 Å². The minimum absolute atomic E-state index is 0.00946. The molecule has 1 aromatic carbocycles. The lowest BCUT2D eigenvalue weighted by atomic mass is 10.2. The molecule has 0 spiro atoms. The third-order valence-corrected chi connectivity index (χ3v) is 2.61. The number of nitrogens with two attached hydrogens (primary N) is 1. The van der Waals surface area contributed by atoms with Crippen molar-refractivity contribution in [2.45, 2.75) is 0 Å². The molecule has 0 fully saturated rings. The first-order valence-corrected chi connectivity index (χ1v) is 6.03. The molecule has 0 saturated carbocycles. The fraction of sp³-hybridized carbons (Fsp3) is 0.385. The zero-order valence-corrected chi connectivity index (χ0v) is 11.8. The van der Waals surface area contributed by atoms with Crippen LogP contribution in [-0.2, 0) is 9.59 Å². The van der Waals surface area contributed by atoms with E-state index in [0.717, 1.165) is 6.07 Å². The van der Waals surface area contributed by atoms with Gasteiger partial charge in [0, 0.05) is 14.1 Å². The zero-order valence-electron chi connectivity index (χ0n) is 11.8. The SMILES string of the molecule is CN(CC(=O)Nc1cc(F)ccc1N)CC(=O)N(C)C. The largest absolute Gasteiger partial charge is 0.397 e. The molecule has 3 N–H and O–H groups in total. The average molecular weight is 282 g/mol. The molecule has 0 unspecified atom stereocenters. The lowest BCUT2D eigenvalue weighted by molar-refractivity contribution is -0.130. The number of rotatable bonds is 5. The quantitative estimate of drug-likeness (QED) is 0.765. The van der Waals surface area contributed by atoms with Crippen molar-refractivity contribution < 1.29 is 14.0 Å². The summed E-state index contributed by atoms with van der Waals surface area (Å²) in [4.78, 5) is 26.3. The van der Waals surface area contributed by atoms with Gasteiger partial charge in [-0.15, -0.1) is 0 Å². The highest BCUT2D eigenvalue weighted by atomic mass is 19.1. The van der Waals surface area contributed by atoms with Crippen LogP contribution in [-0.4, -0.2) is 55.8 Å². The smallest absolute Gasteiger partial charge is 0.238 e. The van der Waals surface area contributed by atoms with Crippen LogP contribution in [0.2, 0.25) is 0 Å². The molecule has 0 aliphatic heterocycles. The first-order valence-electron chi connectivity index (χ1n) is 6.03. The number of anilines is 2. The molecule has 0 bridgehead atoms. The second kappa shape index (κ2) is 6.85. The number of carbonyl (C=O) groups excluding carboxylic acids is 2. The number of halogens is 1. The van der Waals surface area contributed by atoms with Gasteiger partial charge in [0.05, 0.1) is 24.5 Å². The van der Waals surface area contributed by atoms with Gasteiger partial charge in [-0.3, -0.25) is 14.5 Å². The Kier molecular flexibility index (Phi) is 5.45. The van der Waals surface area contributed by atoms with Crippen LogP contribution in [0.4, 0.5) is 15.8 Å². The van der Waals surface area contributed by atoms with Crippen LogP contribution in [0.15, 0.2) is 18.2 Å². The van der Waals surface area contributed by atoms with E-state index in [0.29, 0.717) is 0 Å². The van der Waals surface area contributed by atoms with Gasteiger partial charge in [-0.05, 0) is 25.2 Å². The summed E-state index contributed by atoms with van der Waals surface area (Å²) in [5.74, 6) is -0.951. The standard InChI is InChI=1S/C13H19FN4O2/c1-17(2)13(20)8-18(3)7-12(19)16-11-6-9(14)4-5-10(11)15/h4-6H,7-8,15H2,1-3H3,(H,16,19). The summed E-state index contributed by atoms with van der Waals surface area (Å²) < 4.78 is 13.1. The predicted octanol–water partition coefficient (Wildman–Crippen LogP) is 0.366. The maximum Gasteiger partial charge on any atom is 0.238 e. The van der Waals surface area contributed by atoms with Gasteiger partial charge < -0.3 is 16.0 Å². The number of benzene rings is 1. The highest BCUT2D eigenvalue weighted by molar-refractivity contribution is 5.95. The Balaban J connectivity index is 2.55. The summed E-state index contributed by atoms with van der Waals surface area (Å²) >= 11 is 0. The van der Waals surface area contributed by atoms with Crippen LogP contribution in [0.1, 0.15) is 0 Å². The van der Waals surface area contributed by atoms with E-state index in [-0.39, 0.29) is 36.3 Å². The molecule has 110 valence electrons. The topological polar surface area (TPSA) is 78.7 Å². The maximum atomic E-state index is 13.1. The second-order valence-corrected chi connectivity index (χ2v) is 4.74. The zero-order chi connectivity index (χ0) is 15.3. The summed E-state index contributed by atoms with van der Waals surface area (Å²) in [6.45, 7) is 0.134. The summed E-state index contributed by atoms with van der Waals surface area (Å²) in [7, 11) is 4.93. The van der Waals surface area contributed by atoms with Gasteiger partial charge in [-0.2, -0.15) is 0 Å². The van der Waals surface area contributed by atoms with Gasteiger partial charge in [0.15, 0.2) is 0 Å². The Labute approximate surface area is 117 Å². The van der Waals surface area contributed by atoms with Crippen molar-refractivity contribution in [3.63, 3.8) is 0 Å². The van der Waals surface area contributed by atoms with Crippen molar-refractivity contribution in [2.75, 3.05) is 45.3 Å². The lowest BCUT2D eigenvalue weighted by Gasteiger charge is -2.18. The molecule has 0 aromatic heterocycles. The second-order valence-electron chi connectivity index (χ2n) is 4.74. The minimum atomic E-state index is -0.481. The Hall–Kier alpha value is -2.15. The van der Waals surface area contributed by atoms with Crippen LogP contribution < -0.4 is 11.1 Å². The average Bonchev–Trinajstić information content (AvgIpc) is 2.33. The molecule has 2 amide bonds. The molecular formula is C13H19FN4O2. The summed E-state index contributed by atoms with van der Waals surface area (Å²) in [6, 6.07) is 3.75. The number of carbonyl (C=O) groups is 2. The van der Waals surface area contributed by atoms with Crippen molar-refractivity contribution in [1.29, 1.82) is 0 Å². The van der Waals surface area contributed by atoms with E-state index in [2.05, 4.69) is 5.32 Å². The van der Waals surface area contributed by atoms with Crippen molar-refractivity contribution in [2.24, 2.45) is 0 Å². The van der Waals surface area contributed by atoms with Crippen LogP contribution in [0.25, 0.3) is 0 Å². The van der Waals surface area contributed by atoms with Gasteiger partial charge in [0.2, 0.25) is 11.8 Å². The lowest BCUT2D eigenvalue weighted by Crippen LogP contribution is -2.38. The predicted molar refractivity (Wildman–Crippen MR) is 75.6 cm³/mol. The fourth-order valence-electron chi connectivity index (χ4n) is 1.50. The molecular weight excluding hydrogens is 263 g/mol. The first-order chi connectivity index (χ1) is 9.29. The van der Waals surface area contributed by atoms with Crippen molar-refractivity contribution in [3.05, 3.63) is 24.0 Å². The molecule has 1 rings (SSSR count). The van der Waals surface area contributed by atoms with E-state index in [4.69, 9.17) is 5.73 Å². The Morgan fingerprint density at radius 3 is 2.50 bits per heavy atom. The molecule has 7 heteroatoms. The molecule has 0 saturated heterocycles. The van der Waals surface area contributed by atoms with Gasteiger partial charge in [0.1, 0.15) is 5.82 Å². The van der Waals surface area contributed by atoms with Crippen LogP contribution in [0.5, 0.6) is 0 Å². The monoisotopic (exact) mass is 282 g/mol. The van der Waals surface area contributed by atoms with E-state index >= 15 is 0 Å². The van der Waals surface area contributed by atoms with Gasteiger partial charge in [0.25, 0.3) is 0 Å². The number of hydrogen-bond donors (Lipinski definition) is 2. The number of nitrogens with one attached hydrogen (secondary N) is 1. The van der Waals surface area contributed by atoms with E-state index in [9.17, 15) is 14.0 Å². The van der Waals surface area contributed by atoms with Gasteiger partial charge in [-0.1, -0.05) is 0 Å². The molecule has 0 aliphatic rings. The maximum absolute atomic E-state index is 13.1. The number of nitrogen functional groups attached to an aromatic ring is 1. The molecule has 1 aromatic rings. The highest BCUT2D eigenvalue weighted by Gasteiger charge is 2.13. The van der Waals surface area contributed by atoms with Crippen LogP contribution in [0, 0.1) is 5.82 Å². The number of likely N-dealkylation sites (N-methyl/N-ethyl adjacent to an activating group) is 2. The van der Waals surface area contributed by atoms with Crippen molar-refractivity contribution in [1.82, 2.24) is 9.80 Å². The van der Waals surface area contributed by atoms with E-state index in [1.165, 1.54) is 17.0 Å². The Bertz CT molecular complexity index is 505. The molecule has 0 radical (unpaired) electrons. The Morgan fingerprint density at radius 1 is 1.25 bits per heavy atom. The first kappa shape index (κ1) is 15.9. The molecule has 0 atom stereocenters. The molecule has 0 heterocycles. The molecule has 20 heavy (non-hydrogen) atoms. The van der Waals surface area contributed by atoms with E-state index in [1.807, 2.05) is 0 Å². The minimum Gasteiger partial charge on any atom is -0.397 e.